The number of aromatic nitrogens is 1. The van der Waals surface area contributed by atoms with Gasteiger partial charge in [-0.3, -0.25) is 4.79 Å². The zero-order chi connectivity index (χ0) is 22.9. The fraction of sp³-hybridized carbons (Fsp3) is 0.636. The van der Waals surface area contributed by atoms with Crippen molar-refractivity contribution < 1.29 is 14.3 Å². The average Bonchev–Trinajstić information content (AvgIpc) is 3.27. The molecule has 10 nitrogen and oxygen atoms in total. The minimum atomic E-state index is -0.255. The van der Waals surface area contributed by atoms with Gasteiger partial charge in [0.25, 0.3) is 0 Å². The predicted molar refractivity (Wildman–Crippen MR) is 139 cm³/mol. The first-order valence-electron chi connectivity index (χ1n) is 11.3. The molecule has 3 heterocycles. The molecule has 1 atom stereocenters. The smallest absolute Gasteiger partial charge is 0.409 e. The number of carbonyl (C=O) groups is 2. The van der Waals surface area contributed by atoms with Gasteiger partial charge in [-0.05, 0) is 38.3 Å². The Balaban J connectivity index is 0.00000385. The number of nitrogens with zero attached hydrogens (tertiary/aromatic N) is 5. The summed E-state index contributed by atoms with van der Waals surface area (Å²) in [5, 5.41) is 6.98. The zero-order valence-electron chi connectivity index (χ0n) is 19.7. The molecular formula is C22H36IN7O3. The number of anilines is 1. The van der Waals surface area contributed by atoms with Gasteiger partial charge in [0.05, 0.1) is 6.61 Å². The van der Waals surface area contributed by atoms with Crippen molar-refractivity contribution in [2.75, 3.05) is 58.3 Å². The third kappa shape index (κ3) is 8.20. The van der Waals surface area contributed by atoms with E-state index in [1.807, 2.05) is 25.1 Å². The van der Waals surface area contributed by atoms with E-state index in [1.54, 1.807) is 25.2 Å². The van der Waals surface area contributed by atoms with Crippen LogP contribution in [0.4, 0.5) is 10.6 Å². The summed E-state index contributed by atoms with van der Waals surface area (Å²) in [4.78, 5) is 38.5. The van der Waals surface area contributed by atoms with Crippen molar-refractivity contribution in [3.63, 3.8) is 0 Å². The molecule has 0 saturated carbocycles. The molecule has 2 amide bonds. The molecule has 1 unspecified atom stereocenters. The van der Waals surface area contributed by atoms with E-state index in [9.17, 15) is 9.59 Å². The van der Waals surface area contributed by atoms with Crippen molar-refractivity contribution >= 4 is 47.8 Å². The molecule has 3 rings (SSSR count). The van der Waals surface area contributed by atoms with Crippen LogP contribution >= 0.6 is 24.0 Å². The van der Waals surface area contributed by atoms with Gasteiger partial charge < -0.3 is 30.1 Å². The summed E-state index contributed by atoms with van der Waals surface area (Å²) in [5.74, 6) is 1.56. The first kappa shape index (κ1) is 26.9. The van der Waals surface area contributed by atoms with Crippen molar-refractivity contribution in [1.82, 2.24) is 25.4 Å². The van der Waals surface area contributed by atoms with Crippen LogP contribution in [0.3, 0.4) is 0 Å². The summed E-state index contributed by atoms with van der Waals surface area (Å²) in [6.45, 7) is 5.29. The van der Waals surface area contributed by atoms with Gasteiger partial charge in [-0.15, -0.1) is 24.0 Å². The lowest BCUT2D eigenvalue weighted by Crippen LogP contribution is -2.52. The van der Waals surface area contributed by atoms with Crippen molar-refractivity contribution in [2.45, 2.75) is 38.3 Å². The predicted octanol–water partition coefficient (Wildman–Crippen LogP) is 1.52. The Hall–Kier alpha value is -2.31. The number of carbonyl (C=O) groups excluding carboxylic acids is 2. The fourth-order valence-electron chi connectivity index (χ4n) is 3.86. The second-order valence-corrected chi connectivity index (χ2v) is 8.32. The Bertz CT molecular complexity index is 785. The molecule has 2 fully saturated rings. The molecule has 0 bridgehead atoms. The number of amides is 2. The highest BCUT2D eigenvalue weighted by Gasteiger charge is 2.27. The van der Waals surface area contributed by atoms with Gasteiger partial charge >= 0.3 is 6.09 Å². The molecule has 0 spiro atoms. The molecule has 184 valence electrons. The van der Waals surface area contributed by atoms with E-state index in [0.29, 0.717) is 25.7 Å². The zero-order valence-corrected chi connectivity index (χ0v) is 22.0. The first-order valence-corrected chi connectivity index (χ1v) is 11.3. The highest BCUT2D eigenvalue weighted by atomic mass is 127. The summed E-state index contributed by atoms with van der Waals surface area (Å²) < 4.78 is 5.10. The van der Waals surface area contributed by atoms with Crippen molar-refractivity contribution in [3.05, 3.63) is 24.4 Å². The molecule has 11 heteroatoms. The lowest BCUT2D eigenvalue weighted by Gasteiger charge is -2.32. The van der Waals surface area contributed by atoms with Gasteiger partial charge in [0.15, 0.2) is 5.96 Å². The molecule has 1 aromatic heterocycles. The number of guanidine groups is 1. The van der Waals surface area contributed by atoms with E-state index in [2.05, 4.69) is 25.5 Å². The van der Waals surface area contributed by atoms with E-state index in [4.69, 9.17) is 4.74 Å². The number of pyridine rings is 1. The van der Waals surface area contributed by atoms with Crippen molar-refractivity contribution in [1.29, 1.82) is 0 Å². The molecule has 2 aliphatic rings. The minimum absolute atomic E-state index is 0. The van der Waals surface area contributed by atoms with Gasteiger partial charge in [0.1, 0.15) is 12.4 Å². The Morgan fingerprint density at radius 3 is 2.48 bits per heavy atom. The molecule has 0 radical (unpaired) electrons. The van der Waals surface area contributed by atoms with E-state index < -0.39 is 0 Å². The average molecular weight is 573 g/mol. The standard InChI is InChI=1S/C22H35N7O3.HI/c1-4-32-22(31)28-12-8-17(9-13-28)25-21(24-15-20(30)27(2)3)26-18-10-14-29(16-18)19-7-5-6-11-23-19;/h5-7,11,17-18H,4,8-10,12-16H2,1-3H3,(H2,24,25,26);1H. The van der Waals surface area contributed by atoms with Gasteiger partial charge in [-0.25, -0.2) is 14.8 Å². The second kappa shape index (κ2) is 13.4. The summed E-state index contributed by atoms with van der Waals surface area (Å²) in [6.07, 6.45) is 4.10. The monoisotopic (exact) mass is 573 g/mol. The third-order valence-electron chi connectivity index (χ3n) is 5.74. The van der Waals surface area contributed by atoms with Crippen molar-refractivity contribution in [2.24, 2.45) is 4.99 Å². The highest BCUT2D eigenvalue weighted by Crippen LogP contribution is 2.17. The Labute approximate surface area is 213 Å². The number of likely N-dealkylation sites (N-methyl/N-ethyl adjacent to an activating group) is 1. The van der Waals surface area contributed by atoms with Crippen LogP contribution in [0.25, 0.3) is 0 Å². The van der Waals surface area contributed by atoms with Crippen LogP contribution in [0.15, 0.2) is 29.4 Å². The maximum absolute atomic E-state index is 12.1. The molecule has 1 aromatic rings. The number of halogens is 1. The molecule has 2 aliphatic heterocycles. The normalized spacial score (nSPS) is 19.0. The van der Waals surface area contributed by atoms with Crippen LogP contribution in [-0.4, -0.2) is 98.3 Å². The molecule has 33 heavy (non-hydrogen) atoms. The molecule has 2 N–H and O–H groups in total. The largest absolute Gasteiger partial charge is 0.450 e. The second-order valence-electron chi connectivity index (χ2n) is 8.32. The highest BCUT2D eigenvalue weighted by molar-refractivity contribution is 14.0. The quantitative estimate of drug-likeness (QED) is 0.303. The van der Waals surface area contributed by atoms with Crippen LogP contribution in [0.1, 0.15) is 26.2 Å². The third-order valence-corrected chi connectivity index (χ3v) is 5.74. The Morgan fingerprint density at radius 2 is 1.85 bits per heavy atom. The number of hydrogen-bond acceptors (Lipinski definition) is 6. The van der Waals surface area contributed by atoms with Crippen LogP contribution in [0, 0.1) is 0 Å². The number of rotatable bonds is 6. The van der Waals surface area contributed by atoms with Gasteiger partial charge in [0.2, 0.25) is 5.91 Å². The van der Waals surface area contributed by atoms with Crippen LogP contribution in [0.5, 0.6) is 0 Å². The summed E-state index contributed by atoms with van der Waals surface area (Å²) in [5.41, 5.74) is 0. The van der Waals surface area contributed by atoms with Crippen LogP contribution in [0.2, 0.25) is 0 Å². The Morgan fingerprint density at radius 1 is 1.15 bits per heavy atom. The van der Waals surface area contributed by atoms with Gasteiger partial charge in [-0.2, -0.15) is 0 Å². The molecule has 0 aliphatic carbocycles. The number of piperidine rings is 1. The molecular weight excluding hydrogens is 537 g/mol. The summed E-state index contributed by atoms with van der Waals surface area (Å²) in [6, 6.07) is 6.31. The lowest BCUT2D eigenvalue weighted by atomic mass is 10.1. The van der Waals surface area contributed by atoms with Crippen LogP contribution < -0.4 is 15.5 Å². The number of ether oxygens (including phenoxy) is 1. The molecule has 0 aromatic carbocycles. The summed E-state index contributed by atoms with van der Waals surface area (Å²) >= 11 is 0. The maximum Gasteiger partial charge on any atom is 0.409 e. The minimum Gasteiger partial charge on any atom is -0.450 e. The van der Waals surface area contributed by atoms with Crippen LogP contribution in [-0.2, 0) is 9.53 Å². The maximum atomic E-state index is 12.1. The fourth-order valence-corrected chi connectivity index (χ4v) is 3.86. The molecule has 2 saturated heterocycles. The number of aliphatic imine (C=N–C) groups is 1. The van der Waals surface area contributed by atoms with E-state index in [1.165, 1.54) is 4.90 Å². The van der Waals surface area contributed by atoms with E-state index in [0.717, 1.165) is 38.2 Å². The SMILES string of the molecule is CCOC(=O)N1CCC(NC(=NCC(=O)N(C)C)NC2CCN(c3ccccn3)C2)CC1.I. The summed E-state index contributed by atoms with van der Waals surface area (Å²) in [7, 11) is 3.45. The van der Waals surface area contributed by atoms with Crippen molar-refractivity contribution in [3.8, 4) is 0 Å². The van der Waals surface area contributed by atoms with E-state index >= 15 is 0 Å². The topological polar surface area (TPSA) is 102 Å². The van der Waals surface area contributed by atoms with E-state index in [-0.39, 0.29) is 54.6 Å². The first-order chi connectivity index (χ1) is 15.5. The lowest BCUT2D eigenvalue weighted by molar-refractivity contribution is -0.127. The number of likely N-dealkylation sites (tertiary alicyclic amines) is 1. The number of hydrogen-bond donors (Lipinski definition) is 2. The number of nitrogens with one attached hydrogen (secondary N) is 2. The van der Waals surface area contributed by atoms with Gasteiger partial charge in [0, 0.05) is 58.6 Å². The van der Waals surface area contributed by atoms with Gasteiger partial charge in [-0.1, -0.05) is 6.07 Å². The Kier molecular flexibility index (Phi) is 10.9.